The number of carbonyl (C=O) groups is 1. The van der Waals surface area contributed by atoms with E-state index in [1.54, 1.807) is 35.2 Å². The van der Waals surface area contributed by atoms with Crippen LogP contribution in [0, 0.1) is 31.0 Å². The summed E-state index contributed by atoms with van der Waals surface area (Å²) in [7, 11) is 0. The first-order valence-electron chi connectivity index (χ1n) is 12.6. The fourth-order valence-electron chi connectivity index (χ4n) is 5.41. The minimum absolute atomic E-state index is 0.0133. The molecule has 5 nitrogen and oxygen atoms in total. The van der Waals surface area contributed by atoms with E-state index in [2.05, 4.69) is 6.07 Å². The van der Waals surface area contributed by atoms with Crippen LogP contribution in [0.1, 0.15) is 47.4 Å². The highest BCUT2D eigenvalue weighted by Crippen LogP contribution is 2.48. The fourth-order valence-corrected chi connectivity index (χ4v) is 5.90. The van der Waals surface area contributed by atoms with Gasteiger partial charge in [-0.2, -0.15) is 5.26 Å². The van der Waals surface area contributed by atoms with Gasteiger partial charge < -0.3 is 10.5 Å². The maximum absolute atomic E-state index is 13.5. The molecule has 2 N–H and O–H groups in total. The zero-order chi connectivity index (χ0) is 27.8. The second-order valence-electron chi connectivity index (χ2n) is 9.79. The van der Waals surface area contributed by atoms with Crippen molar-refractivity contribution >= 4 is 34.7 Å². The average Bonchev–Trinajstić information content (AvgIpc) is 2.90. The summed E-state index contributed by atoms with van der Waals surface area (Å²) < 4.78 is 19.2. The number of nitrogens with zero attached hydrogens (tertiary/aromatic N) is 2. The predicted octanol–water partition coefficient (Wildman–Crippen LogP) is 7.63. The topological polar surface area (TPSA) is 79.4 Å². The molecule has 1 aliphatic carbocycles. The van der Waals surface area contributed by atoms with Gasteiger partial charge in [-0.25, -0.2) is 4.39 Å². The zero-order valence-electron chi connectivity index (χ0n) is 21.5. The standard InChI is InChI=1S/C31H26Cl2FN3O2/c1-17-12-18(2)23(13-19(17)16-39-22-9-7-21(34)8-10-22)29-24(15-35)31(36)37(26-11-6-20(32)14-25(26)33)27-4-3-5-28(38)30(27)29/h6-14,29H,3-5,16,36H2,1-2H3. The number of nitriles is 1. The summed E-state index contributed by atoms with van der Waals surface area (Å²) in [5, 5.41) is 11.2. The van der Waals surface area contributed by atoms with E-state index in [0.29, 0.717) is 46.3 Å². The Bertz CT molecular complexity index is 1590. The van der Waals surface area contributed by atoms with Gasteiger partial charge >= 0.3 is 0 Å². The fraction of sp³-hybridized carbons (Fsp3) is 0.226. The Hall–Kier alpha value is -3.79. The molecule has 1 heterocycles. The molecule has 0 saturated heterocycles. The van der Waals surface area contributed by atoms with Gasteiger partial charge in [-0.1, -0.05) is 35.3 Å². The summed E-state index contributed by atoms with van der Waals surface area (Å²) in [6, 6.07) is 17.2. The smallest absolute Gasteiger partial charge is 0.161 e. The second-order valence-corrected chi connectivity index (χ2v) is 10.6. The Labute approximate surface area is 236 Å². The number of carbonyl (C=O) groups excluding carboxylic acids is 1. The van der Waals surface area contributed by atoms with Crippen LogP contribution in [0.25, 0.3) is 0 Å². The number of allylic oxidation sites excluding steroid dienone is 3. The molecule has 0 bridgehead atoms. The molecular weight excluding hydrogens is 536 g/mol. The summed E-state index contributed by atoms with van der Waals surface area (Å²) in [6.45, 7) is 4.19. The lowest BCUT2D eigenvalue weighted by Gasteiger charge is -2.40. The molecule has 39 heavy (non-hydrogen) atoms. The van der Waals surface area contributed by atoms with Crippen molar-refractivity contribution in [2.45, 2.75) is 45.6 Å². The number of nitrogens with two attached hydrogens (primary N) is 1. The van der Waals surface area contributed by atoms with Crippen LogP contribution in [0.4, 0.5) is 10.1 Å². The molecule has 2 aliphatic rings. The van der Waals surface area contributed by atoms with Gasteiger partial charge in [-0.15, -0.1) is 0 Å². The molecule has 3 aromatic rings. The predicted molar refractivity (Wildman–Crippen MR) is 151 cm³/mol. The van der Waals surface area contributed by atoms with Gasteiger partial charge in [0.25, 0.3) is 0 Å². The Morgan fingerprint density at radius 2 is 1.82 bits per heavy atom. The first-order valence-corrected chi connectivity index (χ1v) is 13.3. The van der Waals surface area contributed by atoms with Crippen LogP contribution in [0.5, 0.6) is 5.75 Å². The molecule has 1 unspecified atom stereocenters. The molecule has 1 atom stereocenters. The van der Waals surface area contributed by atoms with Crippen molar-refractivity contribution in [3.8, 4) is 11.8 Å². The Balaban J connectivity index is 1.63. The van der Waals surface area contributed by atoms with Crippen LogP contribution in [0.2, 0.25) is 10.0 Å². The summed E-state index contributed by atoms with van der Waals surface area (Å²) in [6.07, 6.45) is 1.67. The number of rotatable bonds is 5. The molecule has 5 rings (SSSR count). The van der Waals surface area contributed by atoms with Gasteiger partial charge in [0.1, 0.15) is 24.0 Å². The van der Waals surface area contributed by atoms with Gasteiger partial charge in [0, 0.05) is 22.7 Å². The zero-order valence-corrected chi connectivity index (χ0v) is 23.0. The third-order valence-electron chi connectivity index (χ3n) is 7.31. The number of anilines is 1. The van der Waals surface area contributed by atoms with Crippen molar-refractivity contribution < 1.29 is 13.9 Å². The lowest BCUT2D eigenvalue weighted by Crippen LogP contribution is -2.39. The highest BCUT2D eigenvalue weighted by Gasteiger charge is 2.41. The molecule has 1 aliphatic heterocycles. The SMILES string of the molecule is Cc1cc(C)c(C2C(C#N)=C(N)N(c3ccc(Cl)cc3Cl)C3=C2C(=O)CCC3)cc1COc1ccc(F)cc1. The van der Waals surface area contributed by atoms with E-state index in [1.165, 1.54) is 12.1 Å². The number of ether oxygens (including phenoxy) is 1. The minimum atomic E-state index is -0.620. The van der Waals surface area contributed by atoms with Gasteiger partial charge in [0.2, 0.25) is 0 Å². The normalized spacial score (nSPS) is 17.3. The molecule has 0 saturated carbocycles. The molecular formula is C31H26Cl2FN3O2. The number of Topliss-reactive ketones (excluding diaryl/α,β-unsaturated/α-hetero) is 1. The van der Waals surface area contributed by atoms with Crippen molar-refractivity contribution in [3.63, 3.8) is 0 Å². The van der Waals surface area contributed by atoms with Gasteiger partial charge in [0.15, 0.2) is 5.78 Å². The molecule has 0 spiro atoms. The average molecular weight is 562 g/mol. The lowest BCUT2D eigenvalue weighted by atomic mass is 9.74. The number of hydrogen-bond acceptors (Lipinski definition) is 5. The largest absolute Gasteiger partial charge is 0.489 e. The number of halogens is 3. The van der Waals surface area contributed by atoms with Crippen molar-refractivity contribution in [3.05, 3.63) is 115 Å². The molecule has 0 amide bonds. The second kappa shape index (κ2) is 10.8. The van der Waals surface area contributed by atoms with Gasteiger partial charge in [-0.05, 0) is 91.4 Å². The van der Waals surface area contributed by atoms with E-state index in [9.17, 15) is 14.4 Å². The molecule has 0 aromatic heterocycles. The summed E-state index contributed by atoms with van der Waals surface area (Å²) in [5.74, 6) is -0.187. The van der Waals surface area contributed by atoms with Crippen LogP contribution >= 0.6 is 23.2 Å². The van der Waals surface area contributed by atoms with Gasteiger partial charge in [-0.3, -0.25) is 9.69 Å². The van der Waals surface area contributed by atoms with E-state index < -0.39 is 5.92 Å². The third kappa shape index (κ3) is 5.01. The van der Waals surface area contributed by atoms with Crippen molar-refractivity contribution in [1.82, 2.24) is 0 Å². The number of ketones is 1. The van der Waals surface area contributed by atoms with Crippen molar-refractivity contribution in [2.24, 2.45) is 5.73 Å². The molecule has 0 radical (unpaired) electrons. The molecule has 198 valence electrons. The maximum atomic E-state index is 13.5. The maximum Gasteiger partial charge on any atom is 0.161 e. The highest BCUT2D eigenvalue weighted by molar-refractivity contribution is 6.36. The Kier molecular flexibility index (Phi) is 7.40. The molecule has 3 aromatic carbocycles. The molecule has 0 fully saturated rings. The van der Waals surface area contributed by atoms with E-state index in [0.717, 1.165) is 28.0 Å². The van der Waals surface area contributed by atoms with E-state index >= 15 is 0 Å². The van der Waals surface area contributed by atoms with E-state index in [-0.39, 0.29) is 29.6 Å². The first-order chi connectivity index (χ1) is 18.7. The quantitative estimate of drug-likeness (QED) is 0.346. The van der Waals surface area contributed by atoms with Crippen LogP contribution in [0.15, 0.2) is 77.3 Å². The lowest BCUT2D eigenvalue weighted by molar-refractivity contribution is -0.116. The Morgan fingerprint density at radius 1 is 1.08 bits per heavy atom. The Morgan fingerprint density at radius 3 is 2.51 bits per heavy atom. The van der Waals surface area contributed by atoms with Crippen LogP contribution < -0.4 is 15.4 Å². The summed E-state index contributed by atoms with van der Waals surface area (Å²) in [5.41, 5.74) is 12.5. The summed E-state index contributed by atoms with van der Waals surface area (Å²) in [4.78, 5) is 15.3. The minimum Gasteiger partial charge on any atom is -0.489 e. The van der Waals surface area contributed by atoms with Crippen LogP contribution in [-0.2, 0) is 11.4 Å². The number of hydrogen-bond donors (Lipinski definition) is 1. The van der Waals surface area contributed by atoms with Crippen LogP contribution in [-0.4, -0.2) is 5.78 Å². The molecule has 8 heteroatoms. The van der Waals surface area contributed by atoms with E-state index in [4.69, 9.17) is 33.7 Å². The van der Waals surface area contributed by atoms with Gasteiger partial charge in [0.05, 0.1) is 28.3 Å². The van der Waals surface area contributed by atoms with Crippen molar-refractivity contribution in [1.29, 1.82) is 5.26 Å². The van der Waals surface area contributed by atoms with Crippen molar-refractivity contribution in [2.75, 3.05) is 4.90 Å². The monoisotopic (exact) mass is 561 g/mol. The third-order valence-corrected chi connectivity index (χ3v) is 7.85. The van der Waals surface area contributed by atoms with Crippen LogP contribution in [0.3, 0.4) is 0 Å². The highest BCUT2D eigenvalue weighted by atomic mass is 35.5. The number of aryl methyl sites for hydroxylation is 2. The number of benzene rings is 3. The summed E-state index contributed by atoms with van der Waals surface area (Å²) >= 11 is 12.7. The van der Waals surface area contributed by atoms with E-state index in [1.807, 2.05) is 26.0 Å². The first kappa shape index (κ1) is 26.8.